The second-order valence-electron chi connectivity index (χ2n) is 9.95. The van der Waals surface area contributed by atoms with Gasteiger partial charge in [0.05, 0.1) is 6.10 Å². The molecule has 0 amide bonds. The summed E-state index contributed by atoms with van der Waals surface area (Å²) >= 11 is 0. The summed E-state index contributed by atoms with van der Waals surface area (Å²) in [6, 6.07) is 0. The monoisotopic (exact) mass is 328 g/mol. The van der Waals surface area contributed by atoms with Crippen molar-refractivity contribution in [3.8, 4) is 0 Å². The SMILES string of the molecule is C=C[C@@H](C)[C@H]1CC[C@H]2[C@@H]3CCC4=C[C@@H](O)CC[C@]4(C)[C@H]3CC[C@]12C. The Kier molecular flexibility index (Phi) is 4.03. The molecule has 4 rings (SSSR count). The fraction of sp³-hybridized carbons (Fsp3) is 0.826. The van der Waals surface area contributed by atoms with Gasteiger partial charge in [-0.05, 0) is 91.8 Å². The Morgan fingerprint density at radius 1 is 1.12 bits per heavy atom. The highest BCUT2D eigenvalue weighted by Gasteiger charge is 2.59. The molecular weight excluding hydrogens is 292 g/mol. The van der Waals surface area contributed by atoms with E-state index in [9.17, 15) is 5.11 Å². The standard InChI is InChI=1S/C23H36O/c1-5-15(2)19-8-9-20-18-7-6-16-14-17(24)10-12-22(16,3)21(18)11-13-23(19,20)4/h5,14-15,17-21,24H,1,6-13H2,2-4H3/t15-,17+,18+,19-,20+,21+,22+,23-/m1/s1. The Morgan fingerprint density at radius 2 is 1.92 bits per heavy atom. The lowest BCUT2D eigenvalue weighted by Gasteiger charge is -2.59. The third kappa shape index (κ3) is 2.23. The summed E-state index contributed by atoms with van der Waals surface area (Å²) < 4.78 is 0. The number of aliphatic hydroxyl groups excluding tert-OH is 1. The Morgan fingerprint density at radius 3 is 2.67 bits per heavy atom. The minimum absolute atomic E-state index is 0.178. The molecule has 3 saturated carbocycles. The highest BCUT2D eigenvalue weighted by molar-refractivity contribution is 5.25. The van der Waals surface area contributed by atoms with E-state index in [0.717, 1.165) is 30.1 Å². The zero-order chi connectivity index (χ0) is 17.1. The summed E-state index contributed by atoms with van der Waals surface area (Å²) in [6.45, 7) is 11.6. The van der Waals surface area contributed by atoms with E-state index >= 15 is 0 Å². The summed E-state index contributed by atoms with van der Waals surface area (Å²) in [7, 11) is 0. The van der Waals surface area contributed by atoms with Crippen LogP contribution in [0.2, 0.25) is 0 Å². The van der Waals surface area contributed by atoms with Gasteiger partial charge in [-0.3, -0.25) is 0 Å². The first-order valence-electron chi connectivity index (χ1n) is 10.4. The van der Waals surface area contributed by atoms with E-state index in [-0.39, 0.29) is 6.10 Å². The van der Waals surface area contributed by atoms with Gasteiger partial charge in [0.15, 0.2) is 0 Å². The minimum Gasteiger partial charge on any atom is -0.389 e. The largest absolute Gasteiger partial charge is 0.389 e. The van der Waals surface area contributed by atoms with Gasteiger partial charge in [0.1, 0.15) is 0 Å². The smallest absolute Gasteiger partial charge is 0.0724 e. The molecule has 0 aliphatic heterocycles. The molecule has 4 aliphatic rings. The van der Waals surface area contributed by atoms with Crippen LogP contribution in [-0.4, -0.2) is 11.2 Å². The second kappa shape index (κ2) is 5.73. The van der Waals surface area contributed by atoms with Crippen LogP contribution in [0.5, 0.6) is 0 Å². The minimum atomic E-state index is -0.178. The molecule has 0 spiro atoms. The normalized spacial score (nSPS) is 51.8. The lowest BCUT2D eigenvalue weighted by Crippen LogP contribution is -2.51. The van der Waals surface area contributed by atoms with Gasteiger partial charge in [-0.25, -0.2) is 0 Å². The molecule has 1 nitrogen and oxygen atoms in total. The van der Waals surface area contributed by atoms with Crippen molar-refractivity contribution in [2.45, 2.75) is 78.2 Å². The van der Waals surface area contributed by atoms with E-state index < -0.39 is 0 Å². The Balaban J connectivity index is 1.63. The van der Waals surface area contributed by atoms with E-state index in [4.69, 9.17) is 0 Å². The quantitative estimate of drug-likeness (QED) is 0.640. The topological polar surface area (TPSA) is 20.2 Å². The van der Waals surface area contributed by atoms with Gasteiger partial charge in [0.25, 0.3) is 0 Å². The van der Waals surface area contributed by atoms with Crippen LogP contribution in [0.4, 0.5) is 0 Å². The molecule has 134 valence electrons. The third-order valence-corrected chi connectivity index (χ3v) is 9.17. The maximum absolute atomic E-state index is 10.1. The highest BCUT2D eigenvalue weighted by atomic mass is 16.3. The average molecular weight is 329 g/mol. The molecule has 0 aromatic rings. The Bertz CT molecular complexity index is 548. The van der Waals surface area contributed by atoms with Crippen molar-refractivity contribution in [3.05, 3.63) is 24.3 Å². The van der Waals surface area contributed by atoms with Gasteiger partial charge in [0, 0.05) is 0 Å². The highest BCUT2D eigenvalue weighted by Crippen LogP contribution is 2.67. The van der Waals surface area contributed by atoms with Crippen LogP contribution in [0.3, 0.4) is 0 Å². The molecule has 0 saturated heterocycles. The maximum Gasteiger partial charge on any atom is 0.0724 e. The van der Waals surface area contributed by atoms with Crippen molar-refractivity contribution in [1.29, 1.82) is 0 Å². The van der Waals surface area contributed by atoms with Crippen molar-refractivity contribution in [1.82, 2.24) is 0 Å². The van der Waals surface area contributed by atoms with E-state index in [0.29, 0.717) is 16.7 Å². The fourth-order valence-electron chi connectivity index (χ4n) is 7.78. The second-order valence-corrected chi connectivity index (χ2v) is 9.95. The first-order valence-corrected chi connectivity index (χ1v) is 10.4. The summed E-state index contributed by atoms with van der Waals surface area (Å²) in [4.78, 5) is 0. The maximum atomic E-state index is 10.1. The van der Waals surface area contributed by atoms with Crippen LogP contribution in [0, 0.1) is 40.4 Å². The summed E-state index contributed by atoms with van der Waals surface area (Å²) in [5, 5.41) is 10.1. The van der Waals surface area contributed by atoms with Crippen molar-refractivity contribution >= 4 is 0 Å². The van der Waals surface area contributed by atoms with E-state index in [1.165, 1.54) is 44.9 Å². The number of hydrogen-bond donors (Lipinski definition) is 1. The number of allylic oxidation sites excluding steroid dienone is 2. The van der Waals surface area contributed by atoms with Crippen molar-refractivity contribution in [3.63, 3.8) is 0 Å². The number of fused-ring (bicyclic) bond motifs is 5. The molecule has 0 aromatic carbocycles. The van der Waals surface area contributed by atoms with Crippen LogP contribution in [0.15, 0.2) is 24.3 Å². The number of hydrogen-bond acceptors (Lipinski definition) is 1. The molecule has 1 N–H and O–H groups in total. The van der Waals surface area contributed by atoms with Crippen molar-refractivity contribution < 1.29 is 5.11 Å². The van der Waals surface area contributed by atoms with Crippen LogP contribution >= 0.6 is 0 Å². The van der Waals surface area contributed by atoms with E-state index in [1.54, 1.807) is 5.57 Å². The molecule has 24 heavy (non-hydrogen) atoms. The first kappa shape index (κ1) is 16.9. The number of rotatable bonds is 2. The molecule has 8 atom stereocenters. The van der Waals surface area contributed by atoms with Crippen LogP contribution in [-0.2, 0) is 0 Å². The zero-order valence-electron chi connectivity index (χ0n) is 15.9. The third-order valence-electron chi connectivity index (χ3n) is 9.17. The van der Waals surface area contributed by atoms with Gasteiger partial charge in [-0.2, -0.15) is 0 Å². The summed E-state index contributed by atoms with van der Waals surface area (Å²) in [6.07, 6.45) is 14.7. The van der Waals surface area contributed by atoms with Gasteiger partial charge in [0.2, 0.25) is 0 Å². The van der Waals surface area contributed by atoms with Crippen LogP contribution < -0.4 is 0 Å². The predicted octanol–water partition coefficient (Wildman–Crippen LogP) is 5.75. The molecule has 1 heteroatoms. The zero-order valence-corrected chi connectivity index (χ0v) is 15.9. The fourth-order valence-corrected chi connectivity index (χ4v) is 7.78. The average Bonchev–Trinajstić information content (AvgIpc) is 2.92. The molecular formula is C23H36O. The van der Waals surface area contributed by atoms with Gasteiger partial charge < -0.3 is 5.11 Å². The Hall–Kier alpha value is -0.560. The summed E-state index contributed by atoms with van der Waals surface area (Å²) in [5.74, 6) is 4.22. The number of aliphatic hydroxyl groups is 1. The molecule has 0 unspecified atom stereocenters. The van der Waals surface area contributed by atoms with Crippen LogP contribution in [0.25, 0.3) is 0 Å². The van der Waals surface area contributed by atoms with Crippen molar-refractivity contribution in [2.75, 3.05) is 0 Å². The summed E-state index contributed by atoms with van der Waals surface area (Å²) in [5.41, 5.74) is 2.52. The molecule has 0 aromatic heterocycles. The molecule has 0 heterocycles. The molecule has 4 aliphatic carbocycles. The van der Waals surface area contributed by atoms with Gasteiger partial charge in [-0.15, -0.1) is 6.58 Å². The lowest BCUT2D eigenvalue weighted by atomic mass is 9.46. The predicted molar refractivity (Wildman–Crippen MR) is 101 cm³/mol. The first-order chi connectivity index (χ1) is 11.4. The molecule has 3 fully saturated rings. The van der Waals surface area contributed by atoms with Crippen molar-refractivity contribution in [2.24, 2.45) is 40.4 Å². The molecule has 0 bridgehead atoms. The van der Waals surface area contributed by atoms with E-state index in [1.807, 2.05) is 0 Å². The molecule has 0 radical (unpaired) electrons. The van der Waals surface area contributed by atoms with Gasteiger partial charge >= 0.3 is 0 Å². The van der Waals surface area contributed by atoms with Gasteiger partial charge in [-0.1, -0.05) is 38.5 Å². The van der Waals surface area contributed by atoms with E-state index in [2.05, 4.69) is 39.5 Å². The lowest BCUT2D eigenvalue weighted by molar-refractivity contribution is -0.0594. The van der Waals surface area contributed by atoms with Crippen LogP contribution in [0.1, 0.15) is 72.1 Å². The Labute approximate surface area is 148 Å².